The van der Waals surface area contributed by atoms with Crippen LogP contribution in [0.25, 0.3) is 0 Å². The van der Waals surface area contributed by atoms with Crippen molar-refractivity contribution in [1.29, 1.82) is 0 Å². The average Bonchev–Trinajstić information content (AvgIpc) is 2.62. The summed E-state index contributed by atoms with van der Waals surface area (Å²) < 4.78 is 10.6. The first kappa shape index (κ1) is 21.7. The van der Waals surface area contributed by atoms with Crippen molar-refractivity contribution in [3.05, 3.63) is 62.1 Å². The van der Waals surface area contributed by atoms with Gasteiger partial charge in [-0.3, -0.25) is 4.79 Å². The molecule has 0 fully saturated rings. The van der Waals surface area contributed by atoms with E-state index < -0.39 is 11.1 Å². The molecule has 0 aromatic heterocycles. The van der Waals surface area contributed by atoms with Crippen molar-refractivity contribution in [2.24, 2.45) is 0 Å². The first-order chi connectivity index (χ1) is 13.4. The topological polar surface area (TPSA) is 99.9 Å². The fraction of sp³-hybridized carbons (Fsp3) is 0.278. The number of halogens is 2. The van der Waals surface area contributed by atoms with Gasteiger partial charge in [0.2, 0.25) is 0 Å². The Morgan fingerprint density at radius 1 is 1.07 bits per heavy atom. The molecule has 1 N–H and O–H groups in total. The Bertz CT molecular complexity index is 827. The molecule has 0 unspecified atom stereocenters. The molecule has 10 heteroatoms. The lowest BCUT2D eigenvalue weighted by molar-refractivity contribution is -0.758. The van der Waals surface area contributed by atoms with Crippen LogP contribution in [-0.4, -0.2) is 30.9 Å². The van der Waals surface area contributed by atoms with Gasteiger partial charge in [-0.2, -0.15) is 0 Å². The zero-order valence-corrected chi connectivity index (χ0v) is 16.5. The number of benzene rings is 2. The molecule has 0 saturated heterocycles. The van der Waals surface area contributed by atoms with Gasteiger partial charge in [0.15, 0.2) is 5.75 Å². The number of nitrogens with one attached hydrogen (secondary N) is 1. The predicted molar refractivity (Wildman–Crippen MR) is 105 cm³/mol. The molecule has 0 aliphatic rings. The van der Waals surface area contributed by atoms with Crippen molar-refractivity contribution in [3.8, 4) is 5.75 Å². The van der Waals surface area contributed by atoms with Gasteiger partial charge in [-0.25, -0.2) is 0 Å². The van der Waals surface area contributed by atoms with Crippen LogP contribution >= 0.6 is 23.2 Å². The Morgan fingerprint density at radius 3 is 2.39 bits per heavy atom. The normalized spacial score (nSPS) is 10.4. The van der Waals surface area contributed by atoms with E-state index in [9.17, 15) is 14.9 Å². The maximum atomic E-state index is 11.5. The van der Waals surface area contributed by atoms with Crippen LogP contribution in [0.5, 0.6) is 5.75 Å². The van der Waals surface area contributed by atoms with Gasteiger partial charge in [0.05, 0.1) is 34.6 Å². The van der Waals surface area contributed by atoms with Crippen LogP contribution < -0.4 is 10.1 Å². The molecule has 2 rings (SSSR count). The van der Waals surface area contributed by atoms with Crippen LogP contribution in [0.2, 0.25) is 10.0 Å². The highest BCUT2D eigenvalue weighted by molar-refractivity contribution is 6.39. The fourth-order valence-electron chi connectivity index (χ4n) is 2.36. The summed E-state index contributed by atoms with van der Waals surface area (Å²) >= 11 is 12.5. The van der Waals surface area contributed by atoms with Crippen molar-refractivity contribution >= 4 is 40.5 Å². The van der Waals surface area contributed by atoms with E-state index in [-0.39, 0.29) is 19.8 Å². The molecular weight excluding hydrogens is 411 g/mol. The molecule has 0 heterocycles. The number of rotatable bonds is 10. The molecule has 2 aromatic rings. The Kier molecular flexibility index (Phi) is 8.31. The zero-order chi connectivity index (χ0) is 20.5. The third kappa shape index (κ3) is 6.56. The van der Waals surface area contributed by atoms with Crippen LogP contribution in [0.3, 0.4) is 0 Å². The highest BCUT2D eigenvalue weighted by atomic mass is 35.5. The molecule has 0 radical (unpaired) electrons. The zero-order valence-electron chi connectivity index (χ0n) is 14.9. The molecule has 0 atom stereocenters. The van der Waals surface area contributed by atoms with Crippen molar-refractivity contribution in [2.75, 3.05) is 25.1 Å². The Morgan fingerprint density at radius 2 is 1.75 bits per heavy atom. The van der Waals surface area contributed by atoms with Crippen molar-refractivity contribution in [2.45, 2.75) is 13.3 Å². The average molecular weight is 429 g/mol. The van der Waals surface area contributed by atoms with Crippen LogP contribution in [-0.2, 0) is 20.8 Å². The summed E-state index contributed by atoms with van der Waals surface area (Å²) in [7, 11) is 0. The minimum absolute atomic E-state index is 0.0731. The number of carbonyl (C=O) groups excluding carboxylic acids is 1. The van der Waals surface area contributed by atoms with E-state index in [0.29, 0.717) is 33.6 Å². The lowest BCUT2D eigenvalue weighted by Gasteiger charge is -2.18. The molecule has 0 amide bonds. The minimum Gasteiger partial charge on any atom is -0.424 e. The number of hydrogen-bond donors (Lipinski definition) is 1. The molecular formula is C18H18Cl2N2O6. The smallest absolute Gasteiger partial charge is 0.308 e. The molecule has 0 bridgehead atoms. The molecule has 150 valence electrons. The molecule has 0 aliphatic heterocycles. The quantitative estimate of drug-likeness (QED) is 0.196. The maximum Gasteiger partial charge on any atom is 0.308 e. The van der Waals surface area contributed by atoms with E-state index in [0.717, 1.165) is 5.56 Å². The predicted octanol–water partition coefficient (Wildman–Crippen LogP) is 4.43. The molecule has 2 aromatic carbocycles. The van der Waals surface area contributed by atoms with Crippen LogP contribution in [0.1, 0.15) is 12.5 Å². The monoisotopic (exact) mass is 428 g/mol. The number of ether oxygens (including phenoxy) is 2. The Labute approximate surface area is 171 Å². The van der Waals surface area contributed by atoms with Gasteiger partial charge >= 0.3 is 5.97 Å². The van der Waals surface area contributed by atoms with E-state index in [4.69, 9.17) is 32.7 Å². The maximum absolute atomic E-state index is 11.5. The number of esters is 1. The van der Waals surface area contributed by atoms with E-state index >= 15 is 0 Å². The first-order valence-electron chi connectivity index (χ1n) is 8.25. The summed E-state index contributed by atoms with van der Waals surface area (Å²) in [6.07, 6.45) is 0.442. The number of carbonyl (C=O) groups is 1. The van der Waals surface area contributed by atoms with Gasteiger partial charge in [0.25, 0.3) is 5.09 Å². The second-order valence-corrected chi connectivity index (χ2v) is 6.34. The van der Waals surface area contributed by atoms with E-state index in [1.807, 2.05) is 6.07 Å². The number of nitrogens with zero attached hydrogens (tertiary/aromatic N) is 1. The second kappa shape index (κ2) is 10.7. The van der Waals surface area contributed by atoms with E-state index in [2.05, 4.69) is 10.2 Å². The van der Waals surface area contributed by atoms with E-state index in [1.54, 1.807) is 30.3 Å². The lowest BCUT2D eigenvalue weighted by atomic mass is 10.1. The number of hydrogen-bond acceptors (Lipinski definition) is 7. The summed E-state index contributed by atoms with van der Waals surface area (Å²) in [5.41, 5.74) is 1.79. The van der Waals surface area contributed by atoms with Crippen LogP contribution in [0.4, 0.5) is 11.4 Å². The molecule has 0 aliphatic carbocycles. The minimum atomic E-state index is -0.874. The molecule has 28 heavy (non-hydrogen) atoms. The van der Waals surface area contributed by atoms with Crippen LogP contribution in [0, 0.1) is 10.1 Å². The van der Waals surface area contributed by atoms with Crippen molar-refractivity contribution in [3.63, 3.8) is 0 Å². The summed E-state index contributed by atoms with van der Waals surface area (Å²) in [5.74, 6) is -0.156. The summed E-state index contributed by atoms with van der Waals surface area (Å²) in [6, 6.07) is 10.3. The van der Waals surface area contributed by atoms with Crippen molar-refractivity contribution in [1.82, 2.24) is 0 Å². The SMILES string of the molecule is CC(=O)Oc1cccc(CCOCCO[N+](=O)[O-])c1Nc1c(Cl)cccc1Cl. The third-order valence-electron chi connectivity index (χ3n) is 3.52. The fourth-order valence-corrected chi connectivity index (χ4v) is 2.86. The van der Waals surface area contributed by atoms with Crippen LogP contribution in [0.15, 0.2) is 36.4 Å². The Hall–Kier alpha value is -2.55. The highest BCUT2D eigenvalue weighted by Gasteiger charge is 2.15. The third-order valence-corrected chi connectivity index (χ3v) is 4.15. The second-order valence-electron chi connectivity index (χ2n) is 5.52. The van der Waals surface area contributed by atoms with Gasteiger partial charge in [0.1, 0.15) is 6.61 Å². The van der Waals surface area contributed by atoms with Gasteiger partial charge in [0, 0.05) is 6.92 Å². The number of para-hydroxylation sites is 2. The molecule has 0 spiro atoms. The largest absolute Gasteiger partial charge is 0.424 e. The van der Waals surface area contributed by atoms with Gasteiger partial charge in [-0.15, -0.1) is 10.1 Å². The number of anilines is 2. The van der Waals surface area contributed by atoms with E-state index in [1.165, 1.54) is 6.92 Å². The van der Waals surface area contributed by atoms with Gasteiger partial charge in [-0.05, 0) is 30.2 Å². The summed E-state index contributed by atoms with van der Waals surface area (Å²) in [6.45, 7) is 1.50. The molecule has 8 nitrogen and oxygen atoms in total. The molecule has 0 saturated carbocycles. The van der Waals surface area contributed by atoms with Gasteiger partial charge < -0.3 is 19.6 Å². The first-order valence-corrected chi connectivity index (χ1v) is 9.00. The van der Waals surface area contributed by atoms with Gasteiger partial charge in [-0.1, -0.05) is 41.4 Å². The standard InChI is InChI=1S/C18H18Cl2N2O6/c1-12(23)28-16-7-2-4-13(8-9-26-10-11-27-22(24)25)17(16)21-18-14(19)5-3-6-15(18)20/h2-7,21H,8-11H2,1H3. The lowest BCUT2D eigenvalue weighted by Crippen LogP contribution is -2.11. The highest BCUT2D eigenvalue weighted by Crippen LogP contribution is 2.38. The summed E-state index contributed by atoms with van der Waals surface area (Å²) in [4.78, 5) is 25.7. The Balaban J connectivity index is 2.18. The van der Waals surface area contributed by atoms with Crippen molar-refractivity contribution < 1.29 is 24.2 Å². The summed E-state index contributed by atoms with van der Waals surface area (Å²) in [5, 5.41) is 13.2.